The van der Waals surface area contributed by atoms with E-state index in [1.165, 1.54) is 13.8 Å². The van der Waals surface area contributed by atoms with Crippen LogP contribution in [-0.2, 0) is 25.7 Å². The van der Waals surface area contributed by atoms with Crippen LogP contribution in [0.1, 0.15) is 43.4 Å². The number of benzene rings is 3. The number of aromatic amines is 1. The number of fused-ring (bicyclic) bond motifs is 1. The van der Waals surface area contributed by atoms with Crippen LogP contribution in [0, 0.1) is 5.92 Å². The van der Waals surface area contributed by atoms with Crippen LogP contribution in [0.4, 0.5) is 0 Å². The Kier molecular flexibility index (Phi) is 7.04. The highest BCUT2D eigenvalue weighted by Crippen LogP contribution is 2.43. The number of H-pyrrole nitrogens is 1. The second kappa shape index (κ2) is 10.4. The lowest BCUT2D eigenvalue weighted by Gasteiger charge is -2.36. The van der Waals surface area contributed by atoms with Gasteiger partial charge in [-0.15, -0.1) is 0 Å². The number of nitrogens with one attached hydrogen (secondary N) is 1. The Morgan fingerprint density at radius 1 is 0.947 bits per heavy atom. The third-order valence-electron chi connectivity index (χ3n) is 6.46. The first kappa shape index (κ1) is 25.7. The fraction of sp³-hybridized carbons (Fsp3) is 0.267. The first-order valence-corrected chi connectivity index (χ1v) is 12.8. The number of cyclic esters (lactones) is 2. The average Bonchev–Trinajstić information content (AvgIpc) is 3.30. The summed E-state index contributed by atoms with van der Waals surface area (Å²) in [6, 6.07) is 20.6. The van der Waals surface area contributed by atoms with Crippen molar-refractivity contribution in [3.05, 3.63) is 94.6 Å². The van der Waals surface area contributed by atoms with Gasteiger partial charge < -0.3 is 23.9 Å². The summed E-state index contributed by atoms with van der Waals surface area (Å²) < 4.78 is 23.0. The molecule has 1 fully saturated rings. The molecule has 1 N–H and O–H groups in total. The van der Waals surface area contributed by atoms with E-state index in [9.17, 15) is 9.59 Å². The summed E-state index contributed by atoms with van der Waals surface area (Å²) in [5, 5.41) is 1.50. The van der Waals surface area contributed by atoms with Gasteiger partial charge in [0.25, 0.3) is 5.79 Å². The Bertz CT molecular complexity index is 1470. The number of hydrogen-bond donors (Lipinski definition) is 1. The van der Waals surface area contributed by atoms with Gasteiger partial charge in [0.1, 0.15) is 6.61 Å². The molecule has 8 heteroatoms. The zero-order valence-electron chi connectivity index (χ0n) is 21.3. The number of aromatic nitrogens is 1. The molecule has 1 aliphatic rings. The minimum Gasteiger partial charge on any atom is -0.490 e. The number of carbonyl (C=O) groups excluding carboxylic acids is 2. The maximum Gasteiger partial charge on any atom is 0.324 e. The number of para-hydroxylation sites is 1. The van der Waals surface area contributed by atoms with Crippen LogP contribution in [0.3, 0.4) is 0 Å². The van der Waals surface area contributed by atoms with E-state index in [0.717, 1.165) is 22.0 Å². The highest BCUT2D eigenvalue weighted by atomic mass is 35.5. The fourth-order valence-corrected chi connectivity index (χ4v) is 4.97. The van der Waals surface area contributed by atoms with E-state index < -0.39 is 29.6 Å². The summed E-state index contributed by atoms with van der Waals surface area (Å²) in [4.78, 5) is 29.7. The number of hydrogen-bond acceptors (Lipinski definition) is 6. The molecule has 1 aromatic heterocycles. The molecule has 0 bridgehead atoms. The van der Waals surface area contributed by atoms with Gasteiger partial charge in [-0.3, -0.25) is 9.59 Å². The fourth-order valence-electron chi connectivity index (χ4n) is 4.78. The van der Waals surface area contributed by atoms with E-state index in [4.69, 9.17) is 30.5 Å². The number of ether oxygens (including phenoxy) is 4. The van der Waals surface area contributed by atoms with Gasteiger partial charge in [-0.1, -0.05) is 54.1 Å². The molecule has 0 amide bonds. The van der Waals surface area contributed by atoms with Crippen LogP contribution in [0.5, 0.6) is 11.5 Å². The van der Waals surface area contributed by atoms with Crippen LogP contribution in [0.2, 0.25) is 5.02 Å². The van der Waals surface area contributed by atoms with Gasteiger partial charge in [-0.2, -0.15) is 0 Å². The van der Waals surface area contributed by atoms with Gasteiger partial charge in [0.05, 0.1) is 6.61 Å². The second-order valence-corrected chi connectivity index (χ2v) is 9.91. The summed E-state index contributed by atoms with van der Waals surface area (Å²) in [6.45, 7) is 5.60. The Morgan fingerprint density at radius 2 is 1.66 bits per heavy atom. The molecule has 4 aromatic rings. The van der Waals surface area contributed by atoms with E-state index in [-0.39, 0.29) is 6.61 Å². The second-order valence-electron chi connectivity index (χ2n) is 9.51. The molecule has 0 radical (unpaired) electrons. The topological polar surface area (TPSA) is 86.9 Å². The minimum atomic E-state index is -1.33. The summed E-state index contributed by atoms with van der Waals surface area (Å²) in [5.41, 5.74) is 3.18. The van der Waals surface area contributed by atoms with Gasteiger partial charge in [0, 0.05) is 47.5 Å². The summed E-state index contributed by atoms with van der Waals surface area (Å²) in [7, 11) is 0. The van der Waals surface area contributed by atoms with Crippen molar-refractivity contribution in [1.82, 2.24) is 4.98 Å². The number of carbonyl (C=O) groups is 2. The van der Waals surface area contributed by atoms with Crippen molar-refractivity contribution in [2.24, 2.45) is 5.92 Å². The Morgan fingerprint density at radius 3 is 2.39 bits per heavy atom. The van der Waals surface area contributed by atoms with Crippen LogP contribution >= 0.6 is 11.6 Å². The van der Waals surface area contributed by atoms with Gasteiger partial charge in [-0.25, -0.2) is 0 Å². The highest BCUT2D eigenvalue weighted by Gasteiger charge is 2.48. The van der Waals surface area contributed by atoms with Gasteiger partial charge in [-0.05, 0) is 42.3 Å². The molecular weight excluding hydrogens is 506 g/mol. The van der Waals surface area contributed by atoms with Crippen LogP contribution in [0.25, 0.3) is 10.9 Å². The predicted octanol–water partition coefficient (Wildman–Crippen LogP) is 6.38. The summed E-state index contributed by atoms with van der Waals surface area (Å²) in [5.74, 6) is -3.51. The summed E-state index contributed by atoms with van der Waals surface area (Å²) in [6.07, 6.45) is 1.82. The molecule has 2 heterocycles. The molecule has 196 valence electrons. The smallest absolute Gasteiger partial charge is 0.324 e. The molecular formula is C30H28ClNO6. The number of halogens is 1. The molecule has 0 unspecified atom stereocenters. The monoisotopic (exact) mass is 533 g/mol. The van der Waals surface area contributed by atoms with Crippen molar-refractivity contribution in [2.45, 2.75) is 39.1 Å². The number of esters is 2. The lowest BCUT2D eigenvalue weighted by atomic mass is 9.80. The van der Waals surface area contributed by atoms with Crippen LogP contribution in [-0.4, -0.2) is 29.3 Å². The molecule has 38 heavy (non-hydrogen) atoms. The van der Waals surface area contributed by atoms with Gasteiger partial charge >= 0.3 is 11.9 Å². The third-order valence-corrected chi connectivity index (χ3v) is 6.83. The predicted molar refractivity (Wildman–Crippen MR) is 143 cm³/mol. The Balaban J connectivity index is 1.57. The molecule has 0 aliphatic carbocycles. The standard InChI is InChI=1S/C30H28ClNO6/c1-4-35-25-15-18(13-14-24(25)36-17-19-9-5-7-11-22(19)31)26(21-16-32-23-12-8-6-10-20(21)23)27-28(33)37-30(2,3)38-29(27)34/h5-16,26-27,32H,4,17H2,1-3H3/t26-/m1/s1. The SMILES string of the molecule is CCOc1cc([C@H](c2c[nH]c3ccccc23)C2C(=O)OC(C)(C)OC2=O)ccc1OCc1ccccc1Cl. The average molecular weight is 534 g/mol. The first-order valence-electron chi connectivity index (χ1n) is 12.4. The van der Waals surface area contributed by atoms with E-state index in [1.54, 1.807) is 12.1 Å². The van der Waals surface area contributed by atoms with Crippen LogP contribution < -0.4 is 9.47 Å². The molecule has 0 spiro atoms. The molecule has 1 saturated heterocycles. The Labute approximate surface area is 225 Å². The van der Waals surface area contributed by atoms with Crippen molar-refractivity contribution in [3.8, 4) is 11.5 Å². The third kappa shape index (κ3) is 5.07. The van der Waals surface area contributed by atoms with E-state index >= 15 is 0 Å². The maximum absolute atomic E-state index is 13.2. The quantitative estimate of drug-likeness (QED) is 0.209. The molecule has 3 aromatic carbocycles. The largest absolute Gasteiger partial charge is 0.490 e. The lowest BCUT2D eigenvalue weighted by molar-refractivity contribution is -0.240. The lowest BCUT2D eigenvalue weighted by Crippen LogP contribution is -2.48. The first-order chi connectivity index (χ1) is 18.3. The van der Waals surface area contributed by atoms with Crippen molar-refractivity contribution >= 4 is 34.4 Å². The highest BCUT2D eigenvalue weighted by molar-refractivity contribution is 6.31. The zero-order valence-corrected chi connectivity index (χ0v) is 22.1. The minimum absolute atomic E-state index is 0.251. The summed E-state index contributed by atoms with van der Waals surface area (Å²) >= 11 is 6.29. The van der Waals surface area contributed by atoms with E-state index in [2.05, 4.69) is 4.98 Å². The molecule has 1 aliphatic heterocycles. The van der Waals surface area contributed by atoms with E-state index in [0.29, 0.717) is 28.7 Å². The normalized spacial score (nSPS) is 16.1. The van der Waals surface area contributed by atoms with Crippen molar-refractivity contribution in [3.63, 3.8) is 0 Å². The van der Waals surface area contributed by atoms with Crippen molar-refractivity contribution in [1.29, 1.82) is 0 Å². The van der Waals surface area contributed by atoms with Gasteiger partial charge in [0.15, 0.2) is 17.4 Å². The maximum atomic E-state index is 13.2. The molecule has 1 atom stereocenters. The van der Waals surface area contributed by atoms with Crippen molar-refractivity contribution in [2.75, 3.05) is 6.61 Å². The molecule has 7 nitrogen and oxygen atoms in total. The van der Waals surface area contributed by atoms with Crippen molar-refractivity contribution < 1.29 is 28.5 Å². The molecule has 0 saturated carbocycles. The zero-order chi connectivity index (χ0) is 26.9. The Hall–Kier alpha value is -3.97. The van der Waals surface area contributed by atoms with Gasteiger partial charge in [0.2, 0.25) is 0 Å². The van der Waals surface area contributed by atoms with E-state index in [1.807, 2.05) is 67.7 Å². The molecule has 5 rings (SSSR count). The number of rotatable bonds is 8. The van der Waals surface area contributed by atoms with Crippen LogP contribution in [0.15, 0.2) is 72.9 Å².